The van der Waals surface area contributed by atoms with E-state index in [1.165, 1.54) is 12.1 Å². The van der Waals surface area contributed by atoms with Crippen LogP contribution in [0, 0.1) is 11.7 Å². The third-order valence-corrected chi connectivity index (χ3v) is 5.46. The molecule has 1 saturated heterocycles. The molecule has 0 saturated carbocycles. The Hall–Kier alpha value is -3.15. The molecular formula is C23H24FN3O2. The maximum absolute atomic E-state index is 13.4. The first kappa shape index (κ1) is 19.2. The normalized spacial score (nSPS) is 14.8. The number of aromatic nitrogens is 2. The first-order valence-corrected chi connectivity index (χ1v) is 9.85. The molecule has 2 aromatic carbocycles. The van der Waals surface area contributed by atoms with E-state index in [-0.39, 0.29) is 11.7 Å². The van der Waals surface area contributed by atoms with E-state index in [1.54, 1.807) is 23.9 Å². The number of amides is 1. The number of likely N-dealkylation sites (tertiary alicyclic amines) is 1. The Labute approximate surface area is 169 Å². The van der Waals surface area contributed by atoms with Crippen molar-refractivity contribution in [3.8, 4) is 22.7 Å². The largest absolute Gasteiger partial charge is 0.497 e. The molecule has 0 unspecified atom stereocenters. The molecule has 1 aliphatic rings. The first-order valence-electron chi connectivity index (χ1n) is 9.85. The molecule has 2 heterocycles. The van der Waals surface area contributed by atoms with E-state index in [1.807, 2.05) is 35.2 Å². The number of nitrogens with zero attached hydrogens (tertiary/aromatic N) is 3. The summed E-state index contributed by atoms with van der Waals surface area (Å²) in [5, 5.41) is 4.67. The van der Waals surface area contributed by atoms with E-state index in [9.17, 15) is 9.18 Å². The molecule has 0 aliphatic carbocycles. The van der Waals surface area contributed by atoms with Crippen molar-refractivity contribution in [3.05, 3.63) is 66.1 Å². The lowest BCUT2D eigenvalue weighted by molar-refractivity contribution is 0.0688. The average molecular weight is 393 g/mol. The molecule has 1 aliphatic heterocycles. The predicted octanol–water partition coefficient (Wildman–Crippen LogP) is 4.56. The summed E-state index contributed by atoms with van der Waals surface area (Å²) in [7, 11) is 1.62. The van der Waals surface area contributed by atoms with Gasteiger partial charge in [-0.1, -0.05) is 6.92 Å². The summed E-state index contributed by atoms with van der Waals surface area (Å²) in [5.41, 5.74) is 2.70. The predicted molar refractivity (Wildman–Crippen MR) is 110 cm³/mol. The van der Waals surface area contributed by atoms with Crippen molar-refractivity contribution in [2.24, 2.45) is 5.92 Å². The van der Waals surface area contributed by atoms with Crippen LogP contribution >= 0.6 is 0 Å². The van der Waals surface area contributed by atoms with Gasteiger partial charge in [0.1, 0.15) is 17.3 Å². The molecule has 3 aromatic rings. The van der Waals surface area contributed by atoms with Crippen LogP contribution in [-0.4, -0.2) is 40.8 Å². The van der Waals surface area contributed by atoms with E-state index < -0.39 is 0 Å². The lowest BCUT2D eigenvalue weighted by atomic mass is 9.99. The Morgan fingerprint density at radius 2 is 1.72 bits per heavy atom. The average Bonchev–Trinajstić information content (AvgIpc) is 3.20. The number of carbonyl (C=O) groups is 1. The number of carbonyl (C=O) groups excluding carboxylic acids is 1. The molecule has 0 radical (unpaired) electrons. The van der Waals surface area contributed by atoms with Gasteiger partial charge in [0.25, 0.3) is 5.91 Å². The van der Waals surface area contributed by atoms with Gasteiger partial charge >= 0.3 is 0 Å². The van der Waals surface area contributed by atoms with Gasteiger partial charge in [-0.05, 0) is 73.4 Å². The van der Waals surface area contributed by atoms with Crippen molar-refractivity contribution in [3.63, 3.8) is 0 Å². The van der Waals surface area contributed by atoms with Gasteiger partial charge in [-0.15, -0.1) is 0 Å². The molecule has 29 heavy (non-hydrogen) atoms. The van der Waals surface area contributed by atoms with Crippen molar-refractivity contribution >= 4 is 5.91 Å². The maximum Gasteiger partial charge on any atom is 0.272 e. The van der Waals surface area contributed by atoms with Crippen molar-refractivity contribution in [2.75, 3.05) is 20.2 Å². The van der Waals surface area contributed by atoms with E-state index >= 15 is 0 Å². The van der Waals surface area contributed by atoms with E-state index in [0.29, 0.717) is 23.0 Å². The van der Waals surface area contributed by atoms with Crippen LogP contribution in [0.5, 0.6) is 5.75 Å². The molecule has 0 atom stereocenters. The molecule has 4 rings (SSSR count). The Kier molecular flexibility index (Phi) is 5.34. The van der Waals surface area contributed by atoms with Crippen LogP contribution < -0.4 is 4.74 Å². The van der Waals surface area contributed by atoms with Crippen LogP contribution in [0.2, 0.25) is 0 Å². The number of ether oxygens (including phenoxy) is 1. The SMILES string of the molecule is COc1ccc(-c2cc(C(=O)N3CCC(C)CC3)n(-c3ccc(F)cc3)n2)cc1. The number of hydrogen-bond acceptors (Lipinski definition) is 3. The fraction of sp³-hybridized carbons (Fsp3) is 0.304. The quantitative estimate of drug-likeness (QED) is 0.653. The summed E-state index contributed by atoms with van der Waals surface area (Å²) >= 11 is 0. The van der Waals surface area contributed by atoms with Gasteiger partial charge in [-0.2, -0.15) is 5.10 Å². The minimum absolute atomic E-state index is 0.0477. The van der Waals surface area contributed by atoms with Crippen LogP contribution in [0.3, 0.4) is 0 Å². The lowest BCUT2D eigenvalue weighted by Gasteiger charge is -2.30. The second-order valence-electron chi connectivity index (χ2n) is 7.51. The third kappa shape index (κ3) is 4.01. The summed E-state index contributed by atoms with van der Waals surface area (Å²) in [4.78, 5) is 15.2. The van der Waals surface area contributed by atoms with Crippen LogP contribution in [0.25, 0.3) is 16.9 Å². The van der Waals surface area contributed by atoms with Gasteiger partial charge in [0, 0.05) is 18.7 Å². The van der Waals surface area contributed by atoms with Crippen LogP contribution in [0.1, 0.15) is 30.3 Å². The van der Waals surface area contributed by atoms with Crippen molar-refractivity contribution in [1.29, 1.82) is 0 Å². The number of hydrogen-bond donors (Lipinski definition) is 0. The maximum atomic E-state index is 13.4. The molecule has 1 aromatic heterocycles. The first-order chi connectivity index (χ1) is 14.0. The van der Waals surface area contributed by atoms with Gasteiger partial charge < -0.3 is 9.64 Å². The van der Waals surface area contributed by atoms with Crippen LogP contribution in [0.4, 0.5) is 4.39 Å². The number of methoxy groups -OCH3 is 1. The zero-order chi connectivity index (χ0) is 20.4. The van der Waals surface area contributed by atoms with Crippen molar-refractivity contribution in [2.45, 2.75) is 19.8 Å². The number of halogens is 1. The molecule has 0 spiro atoms. The minimum atomic E-state index is -0.325. The Bertz CT molecular complexity index is 988. The van der Waals surface area contributed by atoms with E-state index in [0.717, 1.165) is 37.2 Å². The second kappa shape index (κ2) is 8.07. The fourth-order valence-corrected chi connectivity index (χ4v) is 3.59. The topological polar surface area (TPSA) is 47.4 Å². The standard InChI is InChI=1S/C23H24FN3O2/c1-16-11-13-26(14-12-16)23(28)22-15-21(17-3-9-20(29-2)10-4-17)25-27(22)19-7-5-18(24)6-8-19/h3-10,15-16H,11-14H2,1-2H3. The zero-order valence-corrected chi connectivity index (χ0v) is 16.6. The van der Waals surface area contributed by atoms with Gasteiger partial charge in [-0.25, -0.2) is 9.07 Å². The molecule has 0 N–H and O–H groups in total. The van der Waals surface area contributed by atoms with E-state index in [4.69, 9.17) is 4.74 Å². The zero-order valence-electron chi connectivity index (χ0n) is 16.6. The van der Waals surface area contributed by atoms with Crippen LogP contribution in [0.15, 0.2) is 54.6 Å². The van der Waals surface area contributed by atoms with Crippen molar-refractivity contribution < 1.29 is 13.9 Å². The molecular weight excluding hydrogens is 369 g/mol. The monoisotopic (exact) mass is 393 g/mol. The Morgan fingerprint density at radius 1 is 1.07 bits per heavy atom. The van der Waals surface area contributed by atoms with Gasteiger partial charge in [-0.3, -0.25) is 4.79 Å². The van der Waals surface area contributed by atoms with Crippen molar-refractivity contribution in [1.82, 2.24) is 14.7 Å². The molecule has 1 fully saturated rings. The van der Waals surface area contributed by atoms with Crippen LogP contribution in [-0.2, 0) is 0 Å². The summed E-state index contributed by atoms with van der Waals surface area (Å²) < 4.78 is 20.2. The summed E-state index contributed by atoms with van der Waals surface area (Å²) in [6.07, 6.45) is 2.00. The molecule has 6 heteroatoms. The molecule has 1 amide bonds. The highest BCUT2D eigenvalue weighted by Gasteiger charge is 2.26. The number of benzene rings is 2. The third-order valence-electron chi connectivity index (χ3n) is 5.46. The second-order valence-corrected chi connectivity index (χ2v) is 7.51. The number of rotatable bonds is 4. The molecule has 0 bridgehead atoms. The molecule has 150 valence electrons. The summed E-state index contributed by atoms with van der Waals surface area (Å²) in [5.74, 6) is 1.02. The minimum Gasteiger partial charge on any atom is -0.497 e. The number of piperidine rings is 1. The Morgan fingerprint density at radius 3 is 2.34 bits per heavy atom. The Balaban J connectivity index is 1.74. The van der Waals surface area contributed by atoms with Gasteiger partial charge in [0.15, 0.2) is 0 Å². The fourth-order valence-electron chi connectivity index (χ4n) is 3.59. The van der Waals surface area contributed by atoms with Gasteiger partial charge in [0.05, 0.1) is 18.5 Å². The highest BCUT2D eigenvalue weighted by Crippen LogP contribution is 2.26. The summed E-state index contributed by atoms with van der Waals surface area (Å²) in [6.45, 7) is 3.70. The molecule has 5 nitrogen and oxygen atoms in total. The highest BCUT2D eigenvalue weighted by atomic mass is 19.1. The summed E-state index contributed by atoms with van der Waals surface area (Å²) in [6, 6.07) is 15.4. The highest BCUT2D eigenvalue weighted by molar-refractivity contribution is 5.94. The van der Waals surface area contributed by atoms with E-state index in [2.05, 4.69) is 12.0 Å². The lowest BCUT2D eigenvalue weighted by Crippen LogP contribution is -2.38. The smallest absolute Gasteiger partial charge is 0.272 e. The van der Waals surface area contributed by atoms with Gasteiger partial charge in [0.2, 0.25) is 0 Å².